The third kappa shape index (κ3) is 3.69. The third-order valence-corrected chi connectivity index (χ3v) is 5.91. The Balaban J connectivity index is 1.32. The van der Waals surface area contributed by atoms with Gasteiger partial charge in [-0.1, -0.05) is 5.16 Å². The molecule has 0 bridgehead atoms. The maximum absolute atomic E-state index is 13.6. The Labute approximate surface area is 152 Å². The summed E-state index contributed by atoms with van der Waals surface area (Å²) in [5.41, 5.74) is 6.27. The normalized spacial score (nSPS) is 25.1. The molecule has 2 heterocycles. The minimum absolute atomic E-state index is 0.289. The highest BCUT2D eigenvalue weighted by Gasteiger charge is 2.24. The molecular formula is C19H26F2N4O. The lowest BCUT2D eigenvalue weighted by atomic mass is 9.84. The van der Waals surface area contributed by atoms with Gasteiger partial charge in [-0.25, -0.2) is 8.78 Å². The zero-order valence-electron chi connectivity index (χ0n) is 15.0. The monoisotopic (exact) mass is 364 g/mol. The summed E-state index contributed by atoms with van der Waals surface area (Å²) in [6, 6.07) is 2.65. The second kappa shape index (κ2) is 7.48. The maximum Gasteiger partial charge on any atom is 0.180 e. The van der Waals surface area contributed by atoms with E-state index in [1.54, 1.807) is 0 Å². The first-order chi connectivity index (χ1) is 12.6. The number of halogens is 2. The van der Waals surface area contributed by atoms with Gasteiger partial charge < -0.3 is 15.2 Å². The van der Waals surface area contributed by atoms with Crippen LogP contribution in [0.15, 0.2) is 16.7 Å². The number of nitrogens with two attached hydrogens (primary N) is 1. The first-order valence-corrected chi connectivity index (χ1v) is 9.57. The minimum Gasteiger partial charge on any atom is -0.354 e. The van der Waals surface area contributed by atoms with Crippen LogP contribution in [0.3, 0.4) is 0 Å². The summed E-state index contributed by atoms with van der Waals surface area (Å²) in [5.74, 6) is -0.355. The van der Waals surface area contributed by atoms with Crippen LogP contribution in [0.5, 0.6) is 0 Å². The predicted octanol–water partition coefficient (Wildman–Crippen LogP) is 3.14. The fourth-order valence-electron chi connectivity index (χ4n) is 4.17. The van der Waals surface area contributed by atoms with Crippen LogP contribution in [-0.2, 0) is 0 Å². The molecular weight excluding hydrogens is 338 g/mol. The van der Waals surface area contributed by atoms with E-state index in [4.69, 9.17) is 10.3 Å². The molecule has 142 valence electrons. The number of aromatic nitrogens is 1. The van der Waals surface area contributed by atoms with Crippen LogP contribution in [0, 0.1) is 17.6 Å². The fraction of sp³-hybridized carbons (Fsp3) is 0.632. The van der Waals surface area contributed by atoms with Crippen molar-refractivity contribution in [2.24, 2.45) is 11.7 Å². The molecule has 4 rings (SSSR count). The van der Waals surface area contributed by atoms with Gasteiger partial charge in [0.1, 0.15) is 0 Å². The molecule has 26 heavy (non-hydrogen) atoms. The number of rotatable bonds is 4. The van der Waals surface area contributed by atoms with Crippen molar-refractivity contribution in [1.82, 2.24) is 10.1 Å². The molecule has 1 aromatic heterocycles. The minimum atomic E-state index is -0.909. The third-order valence-electron chi connectivity index (χ3n) is 5.91. The van der Waals surface area contributed by atoms with Crippen LogP contribution in [-0.4, -0.2) is 48.8 Å². The SMILES string of the molecule is N[C@H]1CC[C@H](CCN2CCN(c3noc4cc(F)c(F)cc34)CC2)CC1. The lowest BCUT2D eigenvalue weighted by Crippen LogP contribution is -2.47. The Morgan fingerprint density at radius 1 is 1.04 bits per heavy atom. The summed E-state index contributed by atoms with van der Waals surface area (Å²) in [4.78, 5) is 4.58. The highest BCUT2D eigenvalue weighted by atomic mass is 19.2. The average Bonchev–Trinajstić information content (AvgIpc) is 3.05. The Kier molecular flexibility index (Phi) is 5.09. The van der Waals surface area contributed by atoms with Crippen LogP contribution in [0.25, 0.3) is 11.0 Å². The van der Waals surface area contributed by atoms with E-state index < -0.39 is 11.6 Å². The Hall–Kier alpha value is -1.73. The zero-order chi connectivity index (χ0) is 18.1. The molecule has 2 N–H and O–H groups in total. The van der Waals surface area contributed by atoms with Crippen molar-refractivity contribution in [2.45, 2.75) is 38.1 Å². The van der Waals surface area contributed by atoms with Crippen LogP contribution < -0.4 is 10.6 Å². The average molecular weight is 364 g/mol. The molecule has 0 atom stereocenters. The number of benzene rings is 1. The molecule has 1 aromatic carbocycles. The summed E-state index contributed by atoms with van der Waals surface area (Å²) >= 11 is 0. The summed E-state index contributed by atoms with van der Waals surface area (Å²) in [6.07, 6.45) is 6.08. The highest BCUT2D eigenvalue weighted by Crippen LogP contribution is 2.29. The molecule has 0 unspecified atom stereocenters. The Bertz CT molecular complexity index is 749. The molecule has 0 radical (unpaired) electrons. The standard InChI is InChI=1S/C19H26F2N4O/c20-16-11-15-18(12-17(16)21)26-23-19(15)25-9-7-24(8-10-25)6-5-13-1-3-14(22)4-2-13/h11-14H,1-10,22H2/t13-,14-. The van der Waals surface area contributed by atoms with Crippen molar-refractivity contribution >= 4 is 16.8 Å². The molecule has 0 spiro atoms. The van der Waals surface area contributed by atoms with Crippen LogP contribution in [0.4, 0.5) is 14.6 Å². The number of hydrogen-bond acceptors (Lipinski definition) is 5. The topological polar surface area (TPSA) is 58.5 Å². The van der Waals surface area contributed by atoms with E-state index in [0.29, 0.717) is 17.2 Å². The van der Waals surface area contributed by atoms with E-state index in [2.05, 4.69) is 15.0 Å². The largest absolute Gasteiger partial charge is 0.354 e. The number of anilines is 1. The smallest absolute Gasteiger partial charge is 0.180 e. The Morgan fingerprint density at radius 3 is 2.46 bits per heavy atom. The van der Waals surface area contributed by atoms with Gasteiger partial charge in [0, 0.05) is 38.3 Å². The highest BCUT2D eigenvalue weighted by molar-refractivity contribution is 5.88. The maximum atomic E-state index is 13.6. The van der Waals surface area contributed by atoms with Crippen molar-refractivity contribution in [3.8, 4) is 0 Å². The second-order valence-electron chi connectivity index (χ2n) is 7.67. The van der Waals surface area contributed by atoms with Crippen LogP contribution in [0.2, 0.25) is 0 Å². The lowest BCUT2D eigenvalue weighted by Gasteiger charge is -2.36. The van der Waals surface area contributed by atoms with Crippen molar-refractivity contribution in [3.63, 3.8) is 0 Å². The predicted molar refractivity (Wildman–Crippen MR) is 97.1 cm³/mol. The van der Waals surface area contributed by atoms with Gasteiger partial charge in [-0.3, -0.25) is 4.90 Å². The van der Waals surface area contributed by atoms with Crippen LogP contribution in [0.1, 0.15) is 32.1 Å². The van der Waals surface area contributed by atoms with Crippen molar-refractivity contribution in [3.05, 3.63) is 23.8 Å². The summed E-state index contributed by atoms with van der Waals surface area (Å²) < 4.78 is 32.1. The summed E-state index contributed by atoms with van der Waals surface area (Å²) in [6.45, 7) is 4.65. The van der Waals surface area contributed by atoms with Gasteiger partial charge in [-0.05, 0) is 50.6 Å². The first kappa shape index (κ1) is 17.7. The van der Waals surface area contributed by atoms with Gasteiger partial charge in [0.05, 0.1) is 5.39 Å². The van der Waals surface area contributed by atoms with Gasteiger partial charge in [0.2, 0.25) is 0 Å². The molecule has 5 nitrogen and oxygen atoms in total. The number of nitrogens with zero attached hydrogens (tertiary/aromatic N) is 3. The molecule has 2 aliphatic rings. The number of piperazine rings is 1. The molecule has 1 saturated carbocycles. The molecule has 2 aromatic rings. The molecule has 7 heteroatoms. The molecule has 1 aliphatic heterocycles. The van der Waals surface area contributed by atoms with Crippen molar-refractivity contribution in [1.29, 1.82) is 0 Å². The van der Waals surface area contributed by atoms with Gasteiger partial charge in [0.15, 0.2) is 23.0 Å². The molecule has 0 amide bonds. The second-order valence-corrected chi connectivity index (χ2v) is 7.67. The summed E-state index contributed by atoms with van der Waals surface area (Å²) in [5, 5.41) is 4.58. The molecule has 2 fully saturated rings. The van der Waals surface area contributed by atoms with E-state index in [1.807, 2.05) is 0 Å². The van der Waals surface area contributed by atoms with Gasteiger partial charge in [-0.15, -0.1) is 0 Å². The quantitative estimate of drug-likeness (QED) is 0.903. The van der Waals surface area contributed by atoms with Crippen molar-refractivity contribution < 1.29 is 13.3 Å². The van der Waals surface area contributed by atoms with Gasteiger partial charge in [0.25, 0.3) is 0 Å². The van der Waals surface area contributed by atoms with Crippen molar-refractivity contribution in [2.75, 3.05) is 37.6 Å². The van der Waals surface area contributed by atoms with Gasteiger partial charge in [-0.2, -0.15) is 0 Å². The number of fused-ring (bicyclic) bond motifs is 1. The number of hydrogen-bond donors (Lipinski definition) is 1. The first-order valence-electron chi connectivity index (χ1n) is 9.57. The zero-order valence-corrected chi connectivity index (χ0v) is 15.0. The van der Waals surface area contributed by atoms with E-state index in [0.717, 1.165) is 57.5 Å². The fourth-order valence-corrected chi connectivity index (χ4v) is 4.17. The van der Waals surface area contributed by atoms with E-state index >= 15 is 0 Å². The lowest BCUT2D eigenvalue weighted by molar-refractivity contribution is 0.216. The van der Waals surface area contributed by atoms with E-state index in [9.17, 15) is 8.78 Å². The van der Waals surface area contributed by atoms with Gasteiger partial charge >= 0.3 is 0 Å². The summed E-state index contributed by atoms with van der Waals surface area (Å²) in [7, 11) is 0. The van der Waals surface area contributed by atoms with E-state index in [1.165, 1.54) is 25.3 Å². The van der Waals surface area contributed by atoms with E-state index in [-0.39, 0.29) is 5.58 Å². The van der Waals surface area contributed by atoms with Crippen LogP contribution >= 0.6 is 0 Å². The molecule has 1 aliphatic carbocycles. The molecule has 1 saturated heterocycles. The Morgan fingerprint density at radius 2 is 1.73 bits per heavy atom.